The summed E-state index contributed by atoms with van der Waals surface area (Å²) in [7, 11) is 0. The summed E-state index contributed by atoms with van der Waals surface area (Å²) in [5.74, 6) is 0.935. The first-order valence-corrected chi connectivity index (χ1v) is 6.65. The maximum absolute atomic E-state index is 5.62. The summed E-state index contributed by atoms with van der Waals surface area (Å²) >= 11 is 0. The van der Waals surface area contributed by atoms with E-state index in [9.17, 15) is 0 Å². The highest BCUT2D eigenvalue weighted by atomic mass is 16.5. The Balaban J connectivity index is 1.56. The fourth-order valence-electron chi connectivity index (χ4n) is 1.74. The predicted octanol–water partition coefficient (Wildman–Crippen LogP) is 2.95. The summed E-state index contributed by atoms with van der Waals surface area (Å²) in [6, 6.07) is 14.1. The Morgan fingerprint density at radius 2 is 1.95 bits per heavy atom. The number of hydrogen-bond donors (Lipinski definition) is 1. The van der Waals surface area contributed by atoms with Crippen molar-refractivity contribution < 1.29 is 4.74 Å². The van der Waals surface area contributed by atoms with Gasteiger partial charge in [0.1, 0.15) is 5.75 Å². The van der Waals surface area contributed by atoms with E-state index in [2.05, 4.69) is 16.4 Å². The molecular formula is C16H20N2O. The fourth-order valence-corrected chi connectivity index (χ4v) is 1.74. The molecule has 0 aliphatic carbocycles. The van der Waals surface area contributed by atoms with E-state index >= 15 is 0 Å². The van der Waals surface area contributed by atoms with Crippen molar-refractivity contribution in [3.8, 4) is 5.75 Å². The second kappa shape index (κ2) is 7.54. The number of rotatable bonds is 7. The van der Waals surface area contributed by atoms with E-state index < -0.39 is 0 Å². The van der Waals surface area contributed by atoms with Crippen LogP contribution in [0.5, 0.6) is 5.75 Å². The number of aromatic nitrogens is 1. The van der Waals surface area contributed by atoms with Gasteiger partial charge in [-0.2, -0.15) is 0 Å². The standard InChI is InChI=1S/C16H20N2O/c1-14-8-9-15(13-18-14)12-17-10-5-11-19-16-6-3-2-4-7-16/h2-4,6-9,13,17H,5,10-12H2,1H3. The molecule has 100 valence electrons. The van der Waals surface area contributed by atoms with Gasteiger partial charge >= 0.3 is 0 Å². The summed E-state index contributed by atoms with van der Waals surface area (Å²) in [6.07, 6.45) is 2.91. The molecule has 0 spiro atoms. The Bertz CT molecular complexity index is 468. The Labute approximate surface area is 114 Å². The van der Waals surface area contributed by atoms with Crippen LogP contribution in [0.25, 0.3) is 0 Å². The topological polar surface area (TPSA) is 34.1 Å². The van der Waals surface area contributed by atoms with Crippen molar-refractivity contribution in [1.29, 1.82) is 0 Å². The van der Waals surface area contributed by atoms with Gasteiger partial charge in [0.05, 0.1) is 6.61 Å². The van der Waals surface area contributed by atoms with E-state index in [1.54, 1.807) is 0 Å². The number of pyridine rings is 1. The SMILES string of the molecule is Cc1ccc(CNCCCOc2ccccc2)cn1. The van der Waals surface area contributed by atoms with Crippen molar-refractivity contribution in [3.05, 3.63) is 59.9 Å². The van der Waals surface area contributed by atoms with Gasteiger partial charge in [-0.15, -0.1) is 0 Å². The van der Waals surface area contributed by atoms with E-state index in [4.69, 9.17) is 4.74 Å². The quantitative estimate of drug-likeness (QED) is 0.773. The number of nitrogens with zero attached hydrogens (tertiary/aromatic N) is 1. The molecule has 3 heteroatoms. The zero-order valence-corrected chi connectivity index (χ0v) is 11.3. The lowest BCUT2D eigenvalue weighted by Gasteiger charge is -2.07. The van der Waals surface area contributed by atoms with Crippen LogP contribution in [0.3, 0.4) is 0 Å². The first kappa shape index (κ1) is 13.6. The van der Waals surface area contributed by atoms with Crippen LogP contribution in [0.15, 0.2) is 48.7 Å². The van der Waals surface area contributed by atoms with E-state index in [1.807, 2.05) is 49.5 Å². The van der Waals surface area contributed by atoms with E-state index in [1.165, 1.54) is 5.56 Å². The summed E-state index contributed by atoms with van der Waals surface area (Å²) in [5.41, 5.74) is 2.27. The van der Waals surface area contributed by atoms with Crippen molar-refractivity contribution in [2.75, 3.05) is 13.2 Å². The molecule has 0 aliphatic heterocycles. The number of benzene rings is 1. The monoisotopic (exact) mass is 256 g/mol. The molecule has 0 atom stereocenters. The Morgan fingerprint density at radius 1 is 1.11 bits per heavy atom. The minimum atomic E-state index is 0.739. The van der Waals surface area contributed by atoms with Gasteiger partial charge in [-0.25, -0.2) is 0 Å². The molecule has 19 heavy (non-hydrogen) atoms. The highest BCUT2D eigenvalue weighted by Crippen LogP contribution is 2.08. The third-order valence-electron chi connectivity index (χ3n) is 2.81. The number of aryl methyl sites for hydroxylation is 1. The fraction of sp³-hybridized carbons (Fsp3) is 0.312. The molecular weight excluding hydrogens is 236 g/mol. The zero-order chi connectivity index (χ0) is 13.3. The number of ether oxygens (including phenoxy) is 1. The third-order valence-corrected chi connectivity index (χ3v) is 2.81. The van der Waals surface area contributed by atoms with Gasteiger partial charge < -0.3 is 10.1 Å². The van der Waals surface area contributed by atoms with Gasteiger partial charge in [-0.1, -0.05) is 24.3 Å². The number of nitrogens with one attached hydrogen (secondary N) is 1. The molecule has 1 aromatic carbocycles. The molecule has 0 radical (unpaired) electrons. The molecule has 0 fully saturated rings. The van der Waals surface area contributed by atoms with Crippen LogP contribution < -0.4 is 10.1 Å². The molecule has 2 aromatic rings. The largest absolute Gasteiger partial charge is 0.494 e. The van der Waals surface area contributed by atoms with Crippen molar-refractivity contribution >= 4 is 0 Å². The molecule has 1 heterocycles. The molecule has 1 N–H and O–H groups in total. The lowest BCUT2D eigenvalue weighted by Crippen LogP contribution is -2.17. The Hall–Kier alpha value is -1.87. The van der Waals surface area contributed by atoms with Crippen molar-refractivity contribution in [2.24, 2.45) is 0 Å². The summed E-state index contributed by atoms with van der Waals surface area (Å²) in [5, 5.41) is 3.39. The van der Waals surface area contributed by atoms with Crippen LogP contribution >= 0.6 is 0 Å². The summed E-state index contributed by atoms with van der Waals surface area (Å²) in [4.78, 5) is 4.27. The molecule has 1 aromatic heterocycles. The van der Waals surface area contributed by atoms with E-state index in [0.29, 0.717) is 0 Å². The second-order valence-electron chi connectivity index (χ2n) is 4.50. The van der Waals surface area contributed by atoms with Crippen molar-refractivity contribution in [2.45, 2.75) is 19.9 Å². The van der Waals surface area contributed by atoms with Crippen LogP contribution in [-0.4, -0.2) is 18.1 Å². The van der Waals surface area contributed by atoms with Gasteiger partial charge in [0.25, 0.3) is 0 Å². The van der Waals surface area contributed by atoms with Gasteiger partial charge in [0.15, 0.2) is 0 Å². The molecule has 0 saturated heterocycles. The molecule has 0 saturated carbocycles. The van der Waals surface area contributed by atoms with Crippen molar-refractivity contribution in [1.82, 2.24) is 10.3 Å². The van der Waals surface area contributed by atoms with Crippen LogP contribution in [0, 0.1) is 6.92 Å². The van der Waals surface area contributed by atoms with Crippen LogP contribution in [0.2, 0.25) is 0 Å². The highest BCUT2D eigenvalue weighted by Gasteiger charge is 1.94. The maximum Gasteiger partial charge on any atom is 0.119 e. The first-order chi connectivity index (χ1) is 9.34. The minimum Gasteiger partial charge on any atom is -0.494 e. The lowest BCUT2D eigenvalue weighted by atomic mass is 10.2. The average molecular weight is 256 g/mol. The molecule has 0 unspecified atom stereocenters. The number of hydrogen-bond acceptors (Lipinski definition) is 3. The molecule has 0 bridgehead atoms. The molecule has 3 nitrogen and oxygen atoms in total. The predicted molar refractivity (Wildman–Crippen MR) is 77.2 cm³/mol. The second-order valence-corrected chi connectivity index (χ2v) is 4.50. The van der Waals surface area contributed by atoms with Gasteiger partial charge in [-0.05, 0) is 43.7 Å². The van der Waals surface area contributed by atoms with Crippen LogP contribution in [0.4, 0.5) is 0 Å². The normalized spacial score (nSPS) is 10.4. The Morgan fingerprint density at radius 3 is 2.68 bits per heavy atom. The first-order valence-electron chi connectivity index (χ1n) is 6.65. The van der Waals surface area contributed by atoms with Gasteiger partial charge in [-0.3, -0.25) is 4.98 Å². The minimum absolute atomic E-state index is 0.739. The Kier molecular flexibility index (Phi) is 5.38. The van der Waals surface area contributed by atoms with Gasteiger partial charge in [0, 0.05) is 18.4 Å². The van der Waals surface area contributed by atoms with Gasteiger partial charge in [0.2, 0.25) is 0 Å². The lowest BCUT2D eigenvalue weighted by molar-refractivity contribution is 0.308. The molecule has 0 aliphatic rings. The summed E-state index contributed by atoms with van der Waals surface area (Å²) in [6.45, 7) is 4.54. The smallest absolute Gasteiger partial charge is 0.119 e. The van der Waals surface area contributed by atoms with E-state index in [0.717, 1.165) is 37.6 Å². The summed E-state index contributed by atoms with van der Waals surface area (Å²) < 4.78 is 5.62. The van der Waals surface area contributed by atoms with Crippen LogP contribution in [0.1, 0.15) is 17.7 Å². The average Bonchev–Trinajstić information content (AvgIpc) is 2.46. The maximum atomic E-state index is 5.62. The van der Waals surface area contributed by atoms with E-state index in [-0.39, 0.29) is 0 Å². The zero-order valence-electron chi connectivity index (χ0n) is 11.3. The van der Waals surface area contributed by atoms with Crippen molar-refractivity contribution in [3.63, 3.8) is 0 Å². The third kappa shape index (κ3) is 5.10. The number of para-hydroxylation sites is 1. The highest BCUT2D eigenvalue weighted by molar-refractivity contribution is 5.20. The van der Waals surface area contributed by atoms with Crippen LogP contribution in [-0.2, 0) is 6.54 Å². The molecule has 0 amide bonds. The molecule has 2 rings (SSSR count).